The van der Waals surface area contributed by atoms with Gasteiger partial charge in [-0.25, -0.2) is 0 Å². The van der Waals surface area contributed by atoms with Crippen LogP contribution >= 0.6 is 0 Å². The maximum absolute atomic E-state index is 11.9. The number of carbonyl (C=O) groups is 1. The number of para-hydroxylation sites is 1. The molecule has 21 heavy (non-hydrogen) atoms. The van der Waals surface area contributed by atoms with Gasteiger partial charge in [0.2, 0.25) is 0 Å². The predicted octanol–water partition coefficient (Wildman–Crippen LogP) is 4.21. The van der Waals surface area contributed by atoms with E-state index < -0.39 is 11.9 Å². The molecule has 0 amide bonds. The average molecular weight is 289 g/mol. The Morgan fingerprint density at radius 1 is 1.38 bits per heavy atom. The van der Waals surface area contributed by atoms with Gasteiger partial charge < -0.3 is 10.8 Å². The maximum Gasteiger partial charge on any atom is 0.311 e. The second-order valence-electron chi connectivity index (χ2n) is 7.57. The third kappa shape index (κ3) is 3.39. The predicted molar refractivity (Wildman–Crippen MR) is 86.3 cm³/mol. The van der Waals surface area contributed by atoms with Crippen molar-refractivity contribution in [3.8, 4) is 0 Å². The van der Waals surface area contributed by atoms with Gasteiger partial charge in [0.25, 0.3) is 0 Å². The molecule has 0 aromatic heterocycles. The lowest BCUT2D eigenvalue weighted by molar-refractivity contribution is -0.141. The third-order valence-corrected chi connectivity index (χ3v) is 4.85. The minimum absolute atomic E-state index is 0.158. The Balaban J connectivity index is 2.40. The highest BCUT2D eigenvalue weighted by atomic mass is 16.4. The highest BCUT2D eigenvalue weighted by molar-refractivity contribution is 5.79. The van der Waals surface area contributed by atoms with Crippen molar-refractivity contribution in [2.45, 2.75) is 52.9 Å². The van der Waals surface area contributed by atoms with Gasteiger partial charge in [-0.1, -0.05) is 39.0 Å². The van der Waals surface area contributed by atoms with Crippen molar-refractivity contribution < 1.29 is 9.90 Å². The number of hydrogen-bond acceptors (Lipinski definition) is 2. The molecule has 0 bridgehead atoms. The Morgan fingerprint density at radius 3 is 2.62 bits per heavy atom. The summed E-state index contributed by atoms with van der Waals surface area (Å²) in [6.07, 6.45) is 3.08. The summed E-state index contributed by atoms with van der Waals surface area (Å²) < 4.78 is 0. The number of anilines is 1. The van der Waals surface area contributed by atoms with Crippen molar-refractivity contribution >= 4 is 11.7 Å². The van der Waals surface area contributed by atoms with E-state index in [-0.39, 0.29) is 11.3 Å². The topological polar surface area (TPSA) is 63.3 Å². The maximum atomic E-state index is 11.9. The molecule has 0 saturated heterocycles. The van der Waals surface area contributed by atoms with Crippen molar-refractivity contribution in [3.05, 3.63) is 29.3 Å². The van der Waals surface area contributed by atoms with E-state index in [1.807, 2.05) is 25.1 Å². The zero-order chi connectivity index (χ0) is 15.8. The molecule has 0 aliphatic heterocycles. The molecule has 3 heteroatoms. The number of carboxylic acid groups (broad SMARTS) is 1. The Hall–Kier alpha value is -1.51. The monoisotopic (exact) mass is 289 g/mol. The minimum atomic E-state index is -0.748. The van der Waals surface area contributed by atoms with Crippen molar-refractivity contribution in [1.82, 2.24) is 0 Å². The zero-order valence-corrected chi connectivity index (χ0v) is 13.5. The molecule has 1 saturated carbocycles. The van der Waals surface area contributed by atoms with Crippen molar-refractivity contribution in [2.24, 2.45) is 17.3 Å². The fraction of sp³-hybridized carbons (Fsp3) is 0.611. The van der Waals surface area contributed by atoms with Crippen LogP contribution in [0.15, 0.2) is 18.2 Å². The van der Waals surface area contributed by atoms with Crippen LogP contribution in [0.25, 0.3) is 0 Å². The highest BCUT2D eigenvalue weighted by Crippen LogP contribution is 2.47. The molecule has 1 aliphatic rings. The normalized spacial score (nSPS) is 26.3. The Kier molecular flexibility index (Phi) is 4.31. The van der Waals surface area contributed by atoms with E-state index in [0.717, 1.165) is 24.0 Å². The van der Waals surface area contributed by atoms with Gasteiger partial charge in [-0.3, -0.25) is 4.79 Å². The fourth-order valence-corrected chi connectivity index (χ4v) is 4.24. The lowest BCUT2D eigenvalue weighted by atomic mass is 9.63. The number of aliphatic carboxylic acids is 1. The summed E-state index contributed by atoms with van der Waals surface area (Å²) in [4.78, 5) is 11.9. The van der Waals surface area contributed by atoms with Gasteiger partial charge in [0.15, 0.2) is 0 Å². The number of nitrogen functional groups attached to an aromatic ring is 1. The molecule has 1 aromatic rings. The van der Waals surface area contributed by atoms with E-state index in [4.69, 9.17) is 5.73 Å². The zero-order valence-electron chi connectivity index (χ0n) is 13.5. The molecule has 116 valence electrons. The van der Waals surface area contributed by atoms with E-state index >= 15 is 0 Å². The second-order valence-corrected chi connectivity index (χ2v) is 7.57. The average Bonchev–Trinajstić information content (AvgIpc) is 2.32. The van der Waals surface area contributed by atoms with Gasteiger partial charge in [-0.2, -0.15) is 0 Å². The van der Waals surface area contributed by atoms with E-state index in [1.54, 1.807) is 0 Å². The first kappa shape index (κ1) is 15.9. The molecular weight excluding hydrogens is 262 g/mol. The molecule has 0 heterocycles. The number of benzene rings is 1. The Labute approximate surface area is 127 Å². The number of hydrogen-bond donors (Lipinski definition) is 2. The summed E-state index contributed by atoms with van der Waals surface area (Å²) in [5, 5.41) is 9.80. The number of carboxylic acids is 1. The summed E-state index contributed by atoms with van der Waals surface area (Å²) in [6, 6.07) is 5.73. The molecule has 1 aliphatic carbocycles. The van der Waals surface area contributed by atoms with Gasteiger partial charge in [0.1, 0.15) is 0 Å². The first-order chi connectivity index (χ1) is 9.71. The Bertz CT molecular complexity index is 536. The fourth-order valence-electron chi connectivity index (χ4n) is 4.24. The summed E-state index contributed by atoms with van der Waals surface area (Å²) in [5.74, 6) is -0.522. The minimum Gasteiger partial charge on any atom is -0.481 e. The van der Waals surface area contributed by atoms with E-state index in [1.165, 1.54) is 6.42 Å². The van der Waals surface area contributed by atoms with E-state index in [0.29, 0.717) is 11.6 Å². The summed E-state index contributed by atoms with van der Waals surface area (Å²) in [7, 11) is 0. The summed E-state index contributed by atoms with van der Waals surface area (Å²) in [5.41, 5.74) is 8.76. The molecule has 3 nitrogen and oxygen atoms in total. The first-order valence-electron chi connectivity index (χ1n) is 7.79. The van der Waals surface area contributed by atoms with Crippen molar-refractivity contribution in [2.75, 3.05) is 5.73 Å². The molecule has 0 spiro atoms. The van der Waals surface area contributed by atoms with Gasteiger partial charge >= 0.3 is 5.97 Å². The molecule has 3 atom stereocenters. The smallest absolute Gasteiger partial charge is 0.311 e. The van der Waals surface area contributed by atoms with Crippen molar-refractivity contribution in [1.29, 1.82) is 0 Å². The lowest BCUT2D eigenvalue weighted by Crippen LogP contribution is -2.34. The van der Waals surface area contributed by atoms with Gasteiger partial charge in [0, 0.05) is 5.69 Å². The molecule has 3 unspecified atom stereocenters. The SMILES string of the molecule is Cc1cccc(C(C(=O)O)C2CC(C)CC(C)(C)C2)c1N. The van der Waals surface area contributed by atoms with Crippen LogP contribution in [0.2, 0.25) is 0 Å². The van der Waals surface area contributed by atoms with Crippen LogP contribution in [-0.2, 0) is 4.79 Å². The molecule has 0 radical (unpaired) electrons. The third-order valence-electron chi connectivity index (χ3n) is 4.85. The van der Waals surface area contributed by atoms with Crippen LogP contribution in [0.4, 0.5) is 5.69 Å². The number of nitrogens with two attached hydrogens (primary N) is 1. The van der Waals surface area contributed by atoms with Crippen LogP contribution in [0.1, 0.15) is 57.1 Å². The number of rotatable bonds is 3. The summed E-state index contributed by atoms with van der Waals surface area (Å²) in [6.45, 7) is 8.65. The van der Waals surface area contributed by atoms with Crippen LogP contribution in [-0.4, -0.2) is 11.1 Å². The molecule has 1 aromatic carbocycles. The van der Waals surface area contributed by atoms with Gasteiger partial charge in [-0.05, 0) is 54.6 Å². The lowest BCUT2D eigenvalue weighted by Gasteiger charge is -2.41. The molecule has 1 fully saturated rings. The quantitative estimate of drug-likeness (QED) is 0.819. The van der Waals surface area contributed by atoms with Gasteiger partial charge in [0.05, 0.1) is 5.92 Å². The van der Waals surface area contributed by atoms with Crippen LogP contribution in [0, 0.1) is 24.2 Å². The van der Waals surface area contributed by atoms with Gasteiger partial charge in [-0.15, -0.1) is 0 Å². The first-order valence-corrected chi connectivity index (χ1v) is 7.79. The van der Waals surface area contributed by atoms with E-state index in [9.17, 15) is 9.90 Å². The van der Waals surface area contributed by atoms with Crippen LogP contribution < -0.4 is 5.73 Å². The molecule has 3 N–H and O–H groups in total. The van der Waals surface area contributed by atoms with Crippen LogP contribution in [0.3, 0.4) is 0 Å². The largest absolute Gasteiger partial charge is 0.481 e. The van der Waals surface area contributed by atoms with Crippen molar-refractivity contribution in [3.63, 3.8) is 0 Å². The molecule has 2 rings (SSSR count). The highest BCUT2D eigenvalue weighted by Gasteiger charge is 2.40. The number of aryl methyl sites for hydroxylation is 1. The van der Waals surface area contributed by atoms with E-state index in [2.05, 4.69) is 20.8 Å². The summed E-state index contributed by atoms with van der Waals surface area (Å²) >= 11 is 0. The second kappa shape index (κ2) is 5.70. The Morgan fingerprint density at radius 2 is 2.05 bits per heavy atom. The van der Waals surface area contributed by atoms with Crippen LogP contribution in [0.5, 0.6) is 0 Å². The standard InChI is InChI=1S/C18H27NO2/c1-11-8-13(10-18(3,4)9-11)15(17(20)21)14-7-5-6-12(2)16(14)19/h5-7,11,13,15H,8-10,19H2,1-4H3,(H,20,21). The molecular formula is C18H27NO2.